The standard InChI is InChI=1S/C11H12BrNO4/c1-2-17-8-3-4-10(13(15)16)9(7-8)11(14)5-6-12/h3-4,7H,2,5-6H2,1H3. The Labute approximate surface area is 107 Å². The zero-order valence-corrected chi connectivity index (χ0v) is 10.9. The second kappa shape index (κ2) is 6.34. The smallest absolute Gasteiger partial charge is 0.280 e. The van der Waals surface area contributed by atoms with E-state index in [0.29, 0.717) is 17.7 Å². The maximum Gasteiger partial charge on any atom is 0.280 e. The van der Waals surface area contributed by atoms with Gasteiger partial charge in [0.25, 0.3) is 5.69 Å². The third-order valence-electron chi connectivity index (χ3n) is 2.10. The van der Waals surface area contributed by atoms with E-state index in [1.54, 1.807) is 6.92 Å². The molecule has 0 atom stereocenters. The van der Waals surface area contributed by atoms with Gasteiger partial charge in [-0.3, -0.25) is 14.9 Å². The van der Waals surface area contributed by atoms with Crippen LogP contribution in [0, 0.1) is 10.1 Å². The van der Waals surface area contributed by atoms with Crippen LogP contribution in [0.25, 0.3) is 0 Å². The first-order valence-electron chi connectivity index (χ1n) is 5.10. The summed E-state index contributed by atoms with van der Waals surface area (Å²) in [7, 11) is 0. The average molecular weight is 302 g/mol. The van der Waals surface area contributed by atoms with Crippen LogP contribution in [0.4, 0.5) is 5.69 Å². The van der Waals surface area contributed by atoms with Gasteiger partial charge >= 0.3 is 0 Å². The van der Waals surface area contributed by atoms with Gasteiger partial charge in [0.15, 0.2) is 5.78 Å². The number of halogens is 1. The van der Waals surface area contributed by atoms with Crippen LogP contribution in [0.2, 0.25) is 0 Å². The Bertz CT molecular complexity index is 433. The first-order valence-corrected chi connectivity index (χ1v) is 6.22. The van der Waals surface area contributed by atoms with Crippen LogP contribution in [0.3, 0.4) is 0 Å². The maximum absolute atomic E-state index is 11.7. The second-order valence-electron chi connectivity index (χ2n) is 3.23. The highest BCUT2D eigenvalue weighted by molar-refractivity contribution is 9.09. The van der Waals surface area contributed by atoms with Crippen LogP contribution in [-0.2, 0) is 0 Å². The van der Waals surface area contributed by atoms with Crippen molar-refractivity contribution in [3.8, 4) is 5.75 Å². The molecule has 1 rings (SSSR count). The number of ether oxygens (including phenoxy) is 1. The van der Waals surface area contributed by atoms with Gasteiger partial charge in [-0.05, 0) is 19.1 Å². The van der Waals surface area contributed by atoms with E-state index in [0.717, 1.165) is 0 Å². The van der Waals surface area contributed by atoms with Crippen molar-refractivity contribution in [2.75, 3.05) is 11.9 Å². The number of nitro benzene ring substituents is 1. The van der Waals surface area contributed by atoms with Crippen LogP contribution < -0.4 is 4.74 Å². The summed E-state index contributed by atoms with van der Waals surface area (Å²) in [5.74, 6) is 0.200. The second-order valence-corrected chi connectivity index (χ2v) is 4.02. The zero-order valence-electron chi connectivity index (χ0n) is 9.31. The lowest BCUT2D eigenvalue weighted by atomic mass is 10.1. The summed E-state index contributed by atoms with van der Waals surface area (Å²) in [6.07, 6.45) is 0.219. The van der Waals surface area contributed by atoms with Gasteiger partial charge in [0.2, 0.25) is 0 Å². The number of nitro groups is 1. The molecule has 0 aliphatic heterocycles. The topological polar surface area (TPSA) is 69.4 Å². The van der Waals surface area contributed by atoms with Crippen LogP contribution >= 0.6 is 15.9 Å². The fourth-order valence-corrected chi connectivity index (χ4v) is 1.73. The Morgan fingerprint density at radius 3 is 2.76 bits per heavy atom. The van der Waals surface area contributed by atoms with E-state index in [-0.39, 0.29) is 23.5 Å². The SMILES string of the molecule is CCOc1ccc([N+](=O)[O-])c(C(=O)CCBr)c1. The molecule has 0 aliphatic rings. The molecular weight excluding hydrogens is 290 g/mol. The number of benzene rings is 1. The Balaban J connectivity index is 3.15. The van der Waals surface area contributed by atoms with Crippen LogP contribution in [0.1, 0.15) is 23.7 Å². The summed E-state index contributed by atoms with van der Waals surface area (Å²) >= 11 is 3.14. The average Bonchev–Trinajstić information content (AvgIpc) is 2.29. The van der Waals surface area contributed by atoms with Gasteiger partial charge in [-0.2, -0.15) is 0 Å². The summed E-state index contributed by atoms with van der Waals surface area (Å²) in [6.45, 7) is 2.26. The number of alkyl halides is 1. The van der Waals surface area contributed by atoms with Crippen molar-refractivity contribution in [2.45, 2.75) is 13.3 Å². The third-order valence-corrected chi connectivity index (χ3v) is 2.49. The molecule has 5 nitrogen and oxygen atoms in total. The van der Waals surface area contributed by atoms with Crippen LogP contribution in [-0.4, -0.2) is 22.6 Å². The van der Waals surface area contributed by atoms with Crippen molar-refractivity contribution in [3.05, 3.63) is 33.9 Å². The largest absolute Gasteiger partial charge is 0.494 e. The van der Waals surface area contributed by atoms with E-state index >= 15 is 0 Å². The molecular formula is C11H12BrNO4. The highest BCUT2D eigenvalue weighted by atomic mass is 79.9. The molecule has 92 valence electrons. The molecule has 17 heavy (non-hydrogen) atoms. The quantitative estimate of drug-likeness (QED) is 0.350. The van der Waals surface area contributed by atoms with Gasteiger partial charge in [0.05, 0.1) is 17.1 Å². The lowest BCUT2D eigenvalue weighted by Crippen LogP contribution is -2.05. The fourth-order valence-electron chi connectivity index (χ4n) is 1.37. The molecule has 1 aromatic carbocycles. The minimum atomic E-state index is -0.558. The van der Waals surface area contributed by atoms with Crippen LogP contribution in [0.5, 0.6) is 5.75 Å². The molecule has 0 bridgehead atoms. The fraction of sp³-hybridized carbons (Fsp3) is 0.364. The number of Topliss-reactive ketones (excluding diaryl/α,β-unsaturated/α-hetero) is 1. The normalized spacial score (nSPS) is 10.0. The van der Waals surface area contributed by atoms with Crippen molar-refractivity contribution >= 4 is 27.4 Å². The number of carbonyl (C=O) groups excluding carboxylic acids is 1. The molecule has 0 unspecified atom stereocenters. The number of hydrogen-bond acceptors (Lipinski definition) is 4. The number of carbonyl (C=O) groups is 1. The monoisotopic (exact) mass is 301 g/mol. The van der Waals surface area contributed by atoms with E-state index < -0.39 is 4.92 Å². The molecule has 0 heterocycles. The highest BCUT2D eigenvalue weighted by Crippen LogP contribution is 2.25. The first kappa shape index (κ1) is 13.6. The van der Waals surface area contributed by atoms with Crippen molar-refractivity contribution in [3.63, 3.8) is 0 Å². The molecule has 0 saturated carbocycles. The van der Waals surface area contributed by atoms with Gasteiger partial charge in [0, 0.05) is 17.8 Å². The predicted molar refractivity (Wildman–Crippen MR) is 67.0 cm³/mol. The van der Waals surface area contributed by atoms with E-state index in [1.165, 1.54) is 18.2 Å². The van der Waals surface area contributed by atoms with Gasteiger partial charge < -0.3 is 4.74 Å². The molecule has 6 heteroatoms. The maximum atomic E-state index is 11.7. The molecule has 0 amide bonds. The Kier molecular flexibility index (Phi) is 5.09. The number of hydrogen-bond donors (Lipinski definition) is 0. The van der Waals surface area contributed by atoms with Crippen molar-refractivity contribution in [1.82, 2.24) is 0 Å². The summed E-state index contributed by atoms with van der Waals surface area (Å²) < 4.78 is 5.22. The molecule has 0 N–H and O–H groups in total. The Morgan fingerprint density at radius 2 is 2.24 bits per heavy atom. The lowest BCUT2D eigenvalue weighted by molar-refractivity contribution is -0.385. The number of rotatable bonds is 6. The van der Waals surface area contributed by atoms with E-state index in [1.807, 2.05) is 0 Å². The van der Waals surface area contributed by atoms with Crippen molar-refractivity contribution < 1.29 is 14.5 Å². The summed E-state index contributed by atoms with van der Waals surface area (Å²) in [5, 5.41) is 11.3. The van der Waals surface area contributed by atoms with Crippen molar-refractivity contribution in [1.29, 1.82) is 0 Å². The minimum absolute atomic E-state index is 0.0976. The Morgan fingerprint density at radius 1 is 1.53 bits per heavy atom. The summed E-state index contributed by atoms with van der Waals surface area (Å²) in [4.78, 5) is 22.0. The Hall–Kier alpha value is -1.43. The van der Waals surface area contributed by atoms with Gasteiger partial charge in [-0.1, -0.05) is 15.9 Å². The summed E-state index contributed by atoms with van der Waals surface area (Å²) in [6, 6.07) is 4.21. The van der Waals surface area contributed by atoms with E-state index in [9.17, 15) is 14.9 Å². The summed E-state index contributed by atoms with van der Waals surface area (Å²) in [5.41, 5.74) is -0.0835. The molecule has 0 spiro atoms. The molecule has 0 radical (unpaired) electrons. The molecule has 0 saturated heterocycles. The molecule has 1 aromatic rings. The first-order chi connectivity index (χ1) is 8.10. The number of ketones is 1. The van der Waals surface area contributed by atoms with E-state index in [2.05, 4.69) is 15.9 Å². The molecule has 0 aromatic heterocycles. The minimum Gasteiger partial charge on any atom is -0.494 e. The van der Waals surface area contributed by atoms with Gasteiger partial charge in [-0.25, -0.2) is 0 Å². The van der Waals surface area contributed by atoms with Crippen molar-refractivity contribution in [2.24, 2.45) is 0 Å². The highest BCUT2D eigenvalue weighted by Gasteiger charge is 2.20. The van der Waals surface area contributed by atoms with Gasteiger partial charge in [0.1, 0.15) is 5.75 Å². The predicted octanol–water partition coefficient (Wildman–Crippen LogP) is 2.96. The van der Waals surface area contributed by atoms with E-state index in [4.69, 9.17) is 4.74 Å². The van der Waals surface area contributed by atoms with Crippen LogP contribution in [0.15, 0.2) is 18.2 Å². The molecule has 0 fully saturated rings. The molecule has 0 aliphatic carbocycles. The van der Waals surface area contributed by atoms with Gasteiger partial charge in [-0.15, -0.1) is 0 Å². The lowest BCUT2D eigenvalue weighted by Gasteiger charge is -2.06. The number of nitrogens with zero attached hydrogens (tertiary/aromatic N) is 1. The zero-order chi connectivity index (χ0) is 12.8. The third kappa shape index (κ3) is 3.52.